The van der Waals surface area contributed by atoms with Gasteiger partial charge in [0.2, 0.25) is 0 Å². The maximum Gasteiger partial charge on any atom is 0.365 e. The zero-order valence-electron chi connectivity index (χ0n) is 7.43. The molecule has 0 saturated heterocycles. The van der Waals surface area contributed by atoms with E-state index in [9.17, 15) is 9.67 Å². The quantitative estimate of drug-likeness (QED) is 0.593. The second-order valence-corrected chi connectivity index (χ2v) is 3.35. The van der Waals surface area contributed by atoms with Crippen molar-refractivity contribution in [3.63, 3.8) is 0 Å². The van der Waals surface area contributed by atoms with Gasteiger partial charge in [0.25, 0.3) is 0 Å². The number of benzene rings is 1. The van der Waals surface area contributed by atoms with Gasteiger partial charge in [-0.25, -0.2) is 4.57 Å². The van der Waals surface area contributed by atoms with Crippen molar-refractivity contribution in [2.45, 2.75) is 6.42 Å². The predicted molar refractivity (Wildman–Crippen MR) is 53.9 cm³/mol. The van der Waals surface area contributed by atoms with Crippen LogP contribution in [0.2, 0.25) is 0 Å². The van der Waals surface area contributed by atoms with Gasteiger partial charge in [0.05, 0.1) is 0 Å². The standard InChI is InChI=1S/C9H11O4P/c1-2-4-7-8(10)5-3-6-9(7)13-14(11)12/h2-3,5-6,10,14H,1,4H2,(H,11,12). The number of rotatable bonds is 4. The average molecular weight is 214 g/mol. The highest BCUT2D eigenvalue weighted by Gasteiger charge is 2.08. The van der Waals surface area contributed by atoms with E-state index in [4.69, 9.17) is 4.89 Å². The molecule has 1 atom stereocenters. The van der Waals surface area contributed by atoms with Crippen molar-refractivity contribution in [3.05, 3.63) is 36.4 Å². The van der Waals surface area contributed by atoms with E-state index in [2.05, 4.69) is 11.1 Å². The number of hydrogen-bond donors (Lipinski definition) is 2. The van der Waals surface area contributed by atoms with Crippen molar-refractivity contribution in [1.29, 1.82) is 0 Å². The molecule has 5 heteroatoms. The lowest BCUT2D eigenvalue weighted by atomic mass is 10.1. The van der Waals surface area contributed by atoms with Gasteiger partial charge in [0, 0.05) is 5.56 Å². The van der Waals surface area contributed by atoms with E-state index in [1.807, 2.05) is 0 Å². The van der Waals surface area contributed by atoms with Gasteiger partial charge in [0.15, 0.2) is 0 Å². The lowest BCUT2D eigenvalue weighted by molar-refractivity contribution is 0.405. The van der Waals surface area contributed by atoms with Crippen molar-refractivity contribution in [1.82, 2.24) is 0 Å². The van der Waals surface area contributed by atoms with Gasteiger partial charge in [-0.15, -0.1) is 6.58 Å². The highest BCUT2D eigenvalue weighted by atomic mass is 31.1. The van der Waals surface area contributed by atoms with Crippen molar-refractivity contribution < 1.29 is 19.1 Å². The smallest absolute Gasteiger partial charge is 0.365 e. The molecule has 0 saturated carbocycles. The topological polar surface area (TPSA) is 66.8 Å². The van der Waals surface area contributed by atoms with Crippen LogP contribution in [0, 0.1) is 0 Å². The van der Waals surface area contributed by atoms with Gasteiger partial charge in [0.1, 0.15) is 11.5 Å². The molecule has 1 rings (SSSR count). The molecule has 0 aliphatic carbocycles. The molecular formula is C9H11O4P. The van der Waals surface area contributed by atoms with E-state index < -0.39 is 8.25 Å². The lowest BCUT2D eigenvalue weighted by Crippen LogP contribution is -1.89. The van der Waals surface area contributed by atoms with E-state index in [-0.39, 0.29) is 11.5 Å². The molecular weight excluding hydrogens is 203 g/mol. The molecule has 0 radical (unpaired) electrons. The average Bonchev–Trinajstić information content (AvgIpc) is 2.10. The molecule has 1 aromatic rings. The number of hydrogen-bond acceptors (Lipinski definition) is 3. The Labute approximate surface area is 82.4 Å². The van der Waals surface area contributed by atoms with E-state index in [0.717, 1.165) is 0 Å². The van der Waals surface area contributed by atoms with Crippen molar-refractivity contribution in [2.24, 2.45) is 0 Å². The zero-order chi connectivity index (χ0) is 10.6. The Kier molecular flexibility index (Phi) is 3.74. The third-order valence-electron chi connectivity index (χ3n) is 1.65. The van der Waals surface area contributed by atoms with Gasteiger partial charge in [-0.1, -0.05) is 12.1 Å². The van der Waals surface area contributed by atoms with E-state index in [1.165, 1.54) is 12.1 Å². The van der Waals surface area contributed by atoms with Crippen molar-refractivity contribution in [2.75, 3.05) is 0 Å². The van der Waals surface area contributed by atoms with Crippen LogP contribution in [0.3, 0.4) is 0 Å². The maximum atomic E-state index is 10.5. The molecule has 14 heavy (non-hydrogen) atoms. The summed E-state index contributed by atoms with van der Waals surface area (Å²) in [4.78, 5) is 8.61. The number of aromatic hydroxyl groups is 1. The second-order valence-electron chi connectivity index (χ2n) is 2.61. The SMILES string of the molecule is C=CCc1c(O)cccc1O[PH](=O)O. The molecule has 0 spiro atoms. The minimum absolute atomic E-state index is 0.0330. The summed E-state index contributed by atoms with van der Waals surface area (Å²) in [6.45, 7) is 3.52. The molecule has 2 N–H and O–H groups in total. The molecule has 0 bridgehead atoms. The summed E-state index contributed by atoms with van der Waals surface area (Å²) in [7, 11) is -3.04. The first-order chi connectivity index (χ1) is 6.65. The Morgan fingerprint density at radius 2 is 2.29 bits per heavy atom. The van der Waals surface area contributed by atoms with Gasteiger partial charge in [-0.3, -0.25) is 0 Å². The Bertz CT molecular complexity index is 362. The third kappa shape index (κ3) is 2.62. The molecule has 0 amide bonds. The van der Waals surface area contributed by atoms with Crippen LogP contribution in [0.15, 0.2) is 30.9 Å². The van der Waals surface area contributed by atoms with E-state index in [0.29, 0.717) is 12.0 Å². The fraction of sp³-hybridized carbons (Fsp3) is 0.111. The fourth-order valence-electron chi connectivity index (χ4n) is 1.09. The molecule has 0 fully saturated rings. The second kappa shape index (κ2) is 4.84. The van der Waals surface area contributed by atoms with Crippen LogP contribution < -0.4 is 4.52 Å². The summed E-state index contributed by atoms with van der Waals surface area (Å²) in [5, 5.41) is 9.44. The first-order valence-electron chi connectivity index (χ1n) is 3.97. The molecule has 1 aromatic carbocycles. The Morgan fingerprint density at radius 1 is 1.57 bits per heavy atom. The molecule has 0 aliphatic rings. The van der Waals surface area contributed by atoms with Crippen LogP contribution >= 0.6 is 8.25 Å². The van der Waals surface area contributed by atoms with E-state index >= 15 is 0 Å². The monoisotopic (exact) mass is 214 g/mol. The molecule has 0 heterocycles. The Morgan fingerprint density at radius 3 is 2.86 bits per heavy atom. The predicted octanol–water partition coefficient (Wildman–Crippen LogP) is 1.88. The van der Waals surface area contributed by atoms with Crippen LogP contribution in [0.4, 0.5) is 0 Å². The number of phenolic OH excluding ortho intramolecular Hbond substituents is 1. The summed E-state index contributed by atoms with van der Waals surface area (Å²) in [6.07, 6.45) is 1.97. The van der Waals surface area contributed by atoms with Crippen LogP contribution in [0.25, 0.3) is 0 Å². The Hall–Kier alpha value is -1.25. The van der Waals surface area contributed by atoms with Crippen LogP contribution in [0.5, 0.6) is 11.5 Å². The maximum absolute atomic E-state index is 10.5. The largest absolute Gasteiger partial charge is 0.508 e. The van der Waals surface area contributed by atoms with Crippen LogP contribution in [-0.2, 0) is 11.0 Å². The first kappa shape index (κ1) is 10.8. The van der Waals surface area contributed by atoms with Crippen LogP contribution in [0.1, 0.15) is 5.56 Å². The summed E-state index contributed by atoms with van der Waals surface area (Å²) in [5.74, 6) is 0.252. The van der Waals surface area contributed by atoms with Gasteiger partial charge in [-0.2, -0.15) is 0 Å². The third-order valence-corrected chi connectivity index (χ3v) is 2.05. The summed E-state index contributed by atoms with van der Waals surface area (Å²) >= 11 is 0. The molecule has 76 valence electrons. The summed E-state index contributed by atoms with van der Waals surface area (Å²) in [6, 6.07) is 4.56. The number of phenols is 1. The van der Waals surface area contributed by atoms with Crippen LogP contribution in [-0.4, -0.2) is 10.00 Å². The summed E-state index contributed by atoms with van der Waals surface area (Å²) < 4.78 is 15.2. The van der Waals surface area contributed by atoms with Crippen molar-refractivity contribution in [3.8, 4) is 11.5 Å². The highest BCUT2D eigenvalue weighted by Crippen LogP contribution is 2.32. The molecule has 4 nitrogen and oxygen atoms in total. The van der Waals surface area contributed by atoms with E-state index in [1.54, 1.807) is 12.1 Å². The van der Waals surface area contributed by atoms with Gasteiger partial charge in [-0.05, 0) is 18.6 Å². The fourth-order valence-corrected chi connectivity index (χ4v) is 1.47. The van der Waals surface area contributed by atoms with Crippen molar-refractivity contribution >= 4 is 8.25 Å². The minimum atomic E-state index is -3.04. The normalized spacial score (nSPS) is 12.1. The van der Waals surface area contributed by atoms with Gasteiger partial charge >= 0.3 is 8.25 Å². The molecule has 1 unspecified atom stereocenters. The zero-order valence-corrected chi connectivity index (χ0v) is 8.43. The lowest BCUT2D eigenvalue weighted by Gasteiger charge is -2.08. The minimum Gasteiger partial charge on any atom is -0.508 e. The Balaban J connectivity index is 3.06. The summed E-state index contributed by atoms with van der Waals surface area (Å²) in [5.41, 5.74) is 0.468. The first-order valence-corrected chi connectivity index (χ1v) is 5.24. The molecule has 0 aliphatic heterocycles. The highest BCUT2D eigenvalue weighted by molar-refractivity contribution is 7.32. The molecule has 0 aromatic heterocycles. The number of allylic oxidation sites excluding steroid dienone is 1. The van der Waals surface area contributed by atoms with Gasteiger partial charge < -0.3 is 14.5 Å².